The van der Waals surface area contributed by atoms with Crippen LogP contribution in [0.3, 0.4) is 0 Å². The second-order valence-corrected chi connectivity index (χ2v) is 6.36. The quantitative estimate of drug-likeness (QED) is 0.546. The highest BCUT2D eigenvalue weighted by atomic mass is 16.5. The van der Waals surface area contributed by atoms with Crippen LogP contribution >= 0.6 is 0 Å². The van der Waals surface area contributed by atoms with Crippen molar-refractivity contribution in [2.24, 2.45) is 0 Å². The Morgan fingerprint density at radius 3 is 2.48 bits per heavy atom. The number of ether oxygens (including phenoxy) is 1. The van der Waals surface area contributed by atoms with Crippen LogP contribution in [0.4, 0.5) is 0 Å². The van der Waals surface area contributed by atoms with Gasteiger partial charge in [-0.1, -0.05) is 24.3 Å². The summed E-state index contributed by atoms with van der Waals surface area (Å²) in [6.07, 6.45) is -0.360. The van der Waals surface area contributed by atoms with Crippen LogP contribution in [-0.4, -0.2) is 33.6 Å². The number of nitrogens with one attached hydrogen (secondary N) is 2. The van der Waals surface area contributed by atoms with E-state index in [9.17, 15) is 19.2 Å². The number of hydrogen-bond donors (Lipinski definition) is 3. The van der Waals surface area contributed by atoms with Crippen LogP contribution in [0, 0.1) is 0 Å². The zero-order valence-corrected chi connectivity index (χ0v) is 15.5. The number of carbonyl (C=O) groups is 2. The Balaban J connectivity index is 1.85. The van der Waals surface area contributed by atoms with Gasteiger partial charge in [-0.3, -0.25) is 19.0 Å². The maximum Gasteiger partial charge on any atom is 0.329 e. The van der Waals surface area contributed by atoms with Crippen molar-refractivity contribution in [2.45, 2.75) is 19.0 Å². The van der Waals surface area contributed by atoms with Crippen molar-refractivity contribution in [1.82, 2.24) is 14.9 Å². The normalized spacial score (nSPS) is 11.8. The summed E-state index contributed by atoms with van der Waals surface area (Å²) >= 11 is 0. The molecule has 150 valence electrons. The Morgan fingerprint density at radius 2 is 1.83 bits per heavy atom. The number of rotatable bonds is 7. The fourth-order valence-corrected chi connectivity index (χ4v) is 2.99. The predicted octanol–water partition coefficient (Wildman–Crippen LogP) is 1.03. The average molecular weight is 397 g/mol. The van der Waals surface area contributed by atoms with E-state index in [-0.39, 0.29) is 11.8 Å². The highest BCUT2D eigenvalue weighted by molar-refractivity contribution is 5.79. The molecule has 1 atom stereocenters. The molecule has 0 saturated carbocycles. The number of benzene rings is 2. The van der Waals surface area contributed by atoms with Crippen molar-refractivity contribution in [3.05, 3.63) is 74.9 Å². The van der Waals surface area contributed by atoms with E-state index in [4.69, 9.17) is 9.84 Å². The number of fused-ring (bicyclic) bond motifs is 1. The minimum absolute atomic E-state index is 0.275. The van der Waals surface area contributed by atoms with E-state index in [0.717, 1.165) is 4.57 Å². The first-order chi connectivity index (χ1) is 13.9. The lowest BCUT2D eigenvalue weighted by atomic mass is 10.0. The fourth-order valence-electron chi connectivity index (χ4n) is 2.99. The van der Waals surface area contributed by atoms with E-state index in [1.807, 2.05) is 0 Å². The minimum atomic E-state index is -1.10. The first kappa shape index (κ1) is 19.9. The van der Waals surface area contributed by atoms with Crippen LogP contribution in [0.25, 0.3) is 10.9 Å². The van der Waals surface area contributed by atoms with Crippen LogP contribution in [0.2, 0.25) is 0 Å². The first-order valence-corrected chi connectivity index (χ1v) is 8.76. The third kappa shape index (κ3) is 4.52. The molecule has 0 aliphatic carbocycles. The molecule has 1 unspecified atom stereocenters. The van der Waals surface area contributed by atoms with E-state index in [1.54, 1.807) is 48.5 Å². The summed E-state index contributed by atoms with van der Waals surface area (Å²) in [5.74, 6) is -1.18. The summed E-state index contributed by atoms with van der Waals surface area (Å²) in [7, 11) is 1.50. The maximum absolute atomic E-state index is 12.5. The molecule has 0 aliphatic rings. The summed E-state index contributed by atoms with van der Waals surface area (Å²) in [5, 5.41) is 12.0. The van der Waals surface area contributed by atoms with Crippen molar-refractivity contribution in [2.75, 3.05) is 7.11 Å². The van der Waals surface area contributed by atoms with Gasteiger partial charge < -0.3 is 20.1 Å². The Bertz CT molecular complexity index is 1160. The molecule has 9 nitrogen and oxygen atoms in total. The van der Waals surface area contributed by atoms with E-state index < -0.39 is 35.7 Å². The number of methoxy groups -OCH3 is 1. The molecule has 0 spiro atoms. The van der Waals surface area contributed by atoms with E-state index in [1.165, 1.54) is 7.11 Å². The van der Waals surface area contributed by atoms with Gasteiger partial charge in [0, 0.05) is 0 Å². The summed E-state index contributed by atoms with van der Waals surface area (Å²) in [6, 6.07) is 12.2. The van der Waals surface area contributed by atoms with Gasteiger partial charge in [-0.25, -0.2) is 4.79 Å². The standard InChI is InChI=1S/C20H19N3O6/c1-29-13-8-6-12(7-9-13)16(10-18(25)26)21-17(24)11-23-19(27)14-4-2-3-5-15(14)22-20(23)28/h2-9,16H,10-11H2,1H3,(H,21,24)(H,22,28)(H,25,26). The number of carboxylic acids is 1. The van der Waals surface area contributed by atoms with Gasteiger partial charge in [0.25, 0.3) is 5.56 Å². The molecular weight excluding hydrogens is 378 g/mol. The molecule has 0 aliphatic heterocycles. The summed E-state index contributed by atoms with van der Waals surface area (Å²) in [5.41, 5.74) is -0.385. The SMILES string of the molecule is COc1ccc(C(CC(=O)O)NC(=O)Cn2c(=O)[nH]c3ccccc3c2=O)cc1. The average Bonchev–Trinajstić information content (AvgIpc) is 2.70. The van der Waals surface area contributed by atoms with Crippen molar-refractivity contribution < 1.29 is 19.4 Å². The van der Waals surface area contributed by atoms with Crippen LogP contribution < -0.4 is 21.3 Å². The van der Waals surface area contributed by atoms with E-state index >= 15 is 0 Å². The lowest BCUT2D eigenvalue weighted by Crippen LogP contribution is -2.41. The van der Waals surface area contributed by atoms with Crippen molar-refractivity contribution >= 4 is 22.8 Å². The number of carbonyl (C=O) groups excluding carboxylic acids is 1. The van der Waals surface area contributed by atoms with Crippen LogP contribution in [0.15, 0.2) is 58.1 Å². The number of aromatic nitrogens is 2. The topological polar surface area (TPSA) is 130 Å². The Hall–Kier alpha value is -3.88. The van der Waals surface area contributed by atoms with Gasteiger partial charge in [-0.05, 0) is 29.8 Å². The third-order valence-electron chi connectivity index (χ3n) is 4.42. The largest absolute Gasteiger partial charge is 0.497 e. The molecule has 1 heterocycles. The number of H-pyrrole nitrogens is 1. The van der Waals surface area contributed by atoms with E-state index in [0.29, 0.717) is 16.8 Å². The lowest BCUT2D eigenvalue weighted by Gasteiger charge is -2.18. The Morgan fingerprint density at radius 1 is 1.14 bits per heavy atom. The van der Waals surface area contributed by atoms with Crippen LogP contribution in [0.5, 0.6) is 5.75 Å². The monoisotopic (exact) mass is 397 g/mol. The molecule has 2 aromatic carbocycles. The second-order valence-electron chi connectivity index (χ2n) is 6.36. The maximum atomic E-state index is 12.5. The molecule has 0 radical (unpaired) electrons. The minimum Gasteiger partial charge on any atom is -0.497 e. The highest BCUT2D eigenvalue weighted by Gasteiger charge is 2.19. The molecule has 0 bridgehead atoms. The molecule has 9 heteroatoms. The van der Waals surface area contributed by atoms with Gasteiger partial charge in [0.05, 0.1) is 30.5 Å². The Labute approximate surface area is 164 Å². The highest BCUT2D eigenvalue weighted by Crippen LogP contribution is 2.20. The van der Waals surface area contributed by atoms with Crippen LogP contribution in [-0.2, 0) is 16.1 Å². The van der Waals surface area contributed by atoms with Gasteiger partial charge in [0.2, 0.25) is 5.91 Å². The van der Waals surface area contributed by atoms with Gasteiger partial charge in [0.1, 0.15) is 12.3 Å². The Kier molecular flexibility index (Phi) is 5.77. The number of amides is 1. The molecule has 0 saturated heterocycles. The lowest BCUT2D eigenvalue weighted by molar-refractivity contribution is -0.137. The van der Waals surface area contributed by atoms with Gasteiger partial charge in [0.15, 0.2) is 0 Å². The van der Waals surface area contributed by atoms with Gasteiger partial charge in [-0.15, -0.1) is 0 Å². The summed E-state index contributed by atoms with van der Waals surface area (Å²) < 4.78 is 5.85. The molecule has 29 heavy (non-hydrogen) atoms. The summed E-state index contributed by atoms with van der Waals surface area (Å²) in [6.45, 7) is -0.536. The van der Waals surface area contributed by atoms with Gasteiger partial charge in [-0.2, -0.15) is 0 Å². The van der Waals surface area contributed by atoms with Gasteiger partial charge >= 0.3 is 11.7 Å². The van der Waals surface area contributed by atoms with Crippen molar-refractivity contribution in [1.29, 1.82) is 0 Å². The zero-order chi connectivity index (χ0) is 21.0. The number of carboxylic acid groups (broad SMARTS) is 1. The number of aromatic amines is 1. The number of nitrogens with zero attached hydrogens (tertiary/aromatic N) is 1. The van der Waals surface area contributed by atoms with Crippen LogP contribution in [0.1, 0.15) is 18.0 Å². The van der Waals surface area contributed by atoms with Crippen molar-refractivity contribution in [3.63, 3.8) is 0 Å². The first-order valence-electron chi connectivity index (χ1n) is 8.76. The number of aliphatic carboxylic acids is 1. The molecule has 1 amide bonds. The molecule has 3 aromatic rings. The fraction of sp³-hybridized carbons (Fsp3) is 0.200. The number of hydrogen-bond acceptors (Lipinski definition) is 5. The molecule has 1 aromatic heterocycles. The predicted molar refractivity (Wildman–Crippen MR) is 105 cm³/mol. The third-order valence-corrected chi connectivity index (χ3v) is 4.42. The zero-order valence-electron chi connectivity index (χ0n) is 15.5. The second kappa shape index (κ2) is 8.42. The van der Waals surface area contributed by atoms with E-state index in [2.05, 4.69) is 10.3 Å². The molecule has 0 fully saturated rings. The van der Waals surface area contributed by atoms with Crippen molar-refractivity contribution in [3.8, 4) is 5.75 Å². The molecular formula is C20H19N3O6. The number of para-hydroxylation sites is 1. The molecule has 3 N–H and O–H groups in total. The smallest absolute Gasteiger partial charge is 0.329 e. The summed E-state index contributed by atoms with van der Waals surface area (Å²) in [4.78, 5) is 51.0. The molecule has 3 rings (SSSR count).